The number of aromatic nitrogens is 3. The van der Waals surface area contributed by atoms with Gasteiger partial charge in [-0.2, -0.15) is 5.10 Å². The second-order valence-corrected chi connectivity index (χ2v) is 7.21. The van der Waals surface area contributed by atoms with Gasteiger partial charge in [-0.1, -0.05) is 24.3 Å². The van der Waals surface area contributed by atoms with Crippen LogP contribution in [-0.4, -0.2) is 33.4 Å². The highest BCUT2D eigenvalue weighted by molar-refractivity contribution is 6.03. The fourth-order valence-electron chi connectivity index (χ4n) is 3.42. The van der Waals surface area contributed by atoms with Crippen molar-refractivity contribution in [3.8, 4) is 22.6 Å². The fraction of sp³-hybridized carbons (Fsp3) is 0.130. The van der Waals surface area contributed by atoms with Gasteiger partial charge < -0.3 is 19.8 Å². The number of hydrogen-bond donors (Lipinski definition) is 2. The van der Waals surface area contributed by atoms with Gasteiger partial charge in [0.25, 0.3) is 5.91 Å². The molecule has 2 N–H and O–H groups in total. The summed E-state index contributed by atoms with van der Waals surface area (Å²) >= 11 is 0. The van der Waals surface area contributed by atoms with Gasteiger partial charge in [0.2, 0.25) is 0 Å². The van der Waals surface area contributed by atoms with Crippen molar-refractivity contribution in [2.24, 2.45) is 0 Å². The number of amides is 1. The van der Waals surface area contributed by atoms with Gasteiger partial charge in [-0.25, -0.2) is 4.39 Å². The topological polar surface area (TPSA) is 81.2 Å². The summed E-state index contributed by atoms with van der Waals surface area (Å²) in [6, 6.07) is 15.4. The maximum absolute atomic E-state index is 13.1. The lowest BCUT2D eigenvalue weighted by Crippen LogP contribution is -2.33. The second-order valence-electron chi connectivity index (χ2n) is 7.21. The summed E-state index contributed by atoms with van der Waals surface area (Å²) < 4.78 is 26.5. The highest BCUT2D eigenvalue weighted by Crippen LogP contribution is 2.31. The van der Waals surface area contributed by atoms with E-state index in [4.69, 9.17) is 9.47 Å². The van der Waals surface area contributed by atoms with Gasteiger partial charge >= 0.3 is 0 Å². The summed E-state index contributed by atoms with van der Waals surface area (Å²) in [5.74, 6) is 0.851. The van der Waals surface area contributed by atoms with Crippen LogP contribution in [0, 0.1) is 5.82 Å². The summed E-state index contributed by atoms with van der Waals surface area (Å²) in [6.07, 6.45) is 4.86. The van der Waals surface area contributed by atoms with E-state index in [0.29, 0.717) is 30.3 Å². The minimum atomic E-state index is -0.302. The molecule has 0 saturated heterocycles. The lowest BCUT2D eigenvalue weighted by molar-refractivity contribution is 0.0759. The number of hydrogen-bond acceptors (Lipinski definition) is 4. The molecule has 7 nitrogen and oxygen atoms in total. The molecule has 3 heterocycles. The highest BCUT2D eigenvalue weighted by atomic mass is 19.1. The van der Waals surface area contributed by atoms with Crippen LogP contribution in [0.4, 0.5) is 10.1 Å². The quantitative estimate of drug-likeness (QED) is 0.511. The number of nitrogens with one attached hydrogen (secondary N) is 2. The number of para-hydroxylation sites is 2. The number of carbonyl (C=O) groups is 1. The van der Waals surface area contributed by atoms with Gasteiger partial charge in [0, 0.05) is 12.4 Å². The van der Waals surface area contributed by atoms with Crippen molar-refractivity contribution in [3.63, 3.8) is 0 Å². The molecule has 1 atom stereocenters. The first-order valence-corrected chi connectivity index (χ1v) is 9.81. The number of ether oxygens (including phenoxy) is 2. The molecule has 2 aromatic carbocycles. The summed E-state index contributed by atoms with van der Waals surface area (Å²) in [5, 5.41) is 7.11. The molecule has 0 saturated carbocycles. The van der Waals surface area contributed by atoms with Crippen LogP contribution in [0.3, 0.4) is 0 Å². The Hall–Kier alpha value is -4.07. The van der Waals surface area contributed by atoms with Crippen LogP contribution in [0.25, 0.3) is 11.1 Å². The number of H-pyrrole nitrogens is 1. The molecule has 8 heteroatoms. The first kappa shape index (κ1) is 18.9. The van der Waals surface area contributed by atoms with Crippen LogP contribution in [0.2, 0.25) is 0 Å². The molecule has 1 aliphatic heterocycles. The van der Waals surface area contributed by atoms with E-state index in [0.717, 1.165) is 16.9 Å². The number of anilines is 1. The van der Waals surface area contributed by atoms with Crippen LogP contribution in [0.5, 0.6) is 11.5 Å². The third-order valence-corrected chi connectivity index (χ3v) is 4.95. The molecule has 2 aromatic heterocycles. The van der Waals surface area contributed by atoms with Crippen molar-refractivity contribution in [1.82, 2.24) is 14.8 Å². The number of rotatable bonds is 5. The first-order chi connectivity index (χ1) is 15.1. The predicted molar refractivity (Wildman–Crippen MR) is 113 cm³/mol. The average molecular weight is 418 g/mol. The van der Waals surface area contributed by atoms with Crippen molar-refractivity contribution < 1.29 is 18.7 Å². The SMILES string of the molecule is O=C(Nc1cnn(C[C@H]2COc3ccccc3O2)c1)c1cc(-c2ccc(F)cc2)c[nH]1. The molecule has 0 fully saturated rings. The molecule has 0 aliphatic carbocycles. The van der Waals surface area contributed by atoms with Gasteiger partial charge in [-0.05, 0) is 41.5 Å². The minimum absolute atomic E-state index is 0.181. The Bertz CT molecular complexity index is 1220. The lowest BCUT2D eigenvalue weighted by Gasteiger charge is -2.26. The van der Waals surface area contributed by atoms with Gasteiger partial charge in [-0.3, -0.25) is 9.48 Å². The Morgan fingerprint density at radius 2 is 1.97 bits per heavy atom. The van der Waals surface area contributed by atoms with E-state index in [2.05, 4.69) is 15.4 Å². The van der Waals surface area contributed by atoms with Crippen molar-refractivity contribution in [3.05, 3.63) is 84.7 Å². The number of carbonyl (C=O) groups excluding carboxylic acids is 1. The Morgan fingerprint density at radius 3 is 2.81 bits per heavy atom. The molecule has 31 heavy (non-hydrogen) atoms. The van der Waals surface area contributed by atoms with E-state index in [-0.39, 0.29) is 17.8 Å². The zero-order valence-corrected chi connectivity index (χ0v) is 16.4. The van der Waals surface area contributed by atoms with E-state index < -0.39 is 0 Å². The van der Waals surface area contributed by atoms with Crippen LogP contribution in [0.15, 0.2) is 73.2 Å². The van der Waals surface area contributed by atoms with Crippen LogP contribution < -0.4 is 14.8 Å². The fourth-order valence-corrected chi connectivity index (χ4v) is 3.42. The molecule has 1 aliphatic rings. The molecular weight excluding hydrogens is 399 g/mol. The monoisotopic (exact) mass is 418 g/mol. The highest BCUT2D eigenvalue weighted by Gasteiger charge is 2.21. The number of benzene rings is 2. The molecule has 0 bridgehead atoms. The number of nitrogens with zero attached hydrogens (tertiary/aromatic N) is 2. The number of halogens is 1. The van der Waals surface area contributed by atoms with Crippen LogP contribution in [0.1, 0.15) is 10.5 Å². The molecule has 0 spiro atoms. The van der Waals surface area contributed by atoms with E-state index in [1.165, 1.54) is 12.1 Å². The maximum atomic E-state index is 13.1. The smallest absolute Gasteiger partial charge is 0.272 e. The zero-order chi connectivity index (χ0) is 21.2. The van der Waals surface area contributed by atoms with Gasteiger partial charge in [0.1, 0.15) is 18.1 Å². The van der Waals surface area contributed by atoms with E-state index in [9.17, 15) is 9.18 Å². The van der Waals surface area contributed by atoms with Crippen LogP contribution >= 0.6 is 0 Å². The summed E-state index contributed by atoms with van der Waals surface area (Å²) in [4.78, 5) is 15.5. The number of fused-ring (bicyclic) bond motifs is 1. The average Bonchev–Trinajstić information content (AvgIpc) is 3.44. The van der Waals surface area contributed by atoms with Crippen molar-refractivity contribution in [2.75, 3.05) is 11.9 Å². The second kappa shape index (κ2) is 7.98. The Balaban J connectivity index is 1.21. The standard InChI is InChI=1S/C23H19FN4O3/c24-17-7-5-15(6-8-17)16-9-20(25-10-16)23(29)27-18-11-26-28(12-18)13-19-14-30-21-3-1-2-4-22(21)31-19/h1-12,19,25H,13-14H2,(H,27,29)/t19-/m0/s1. The summed E-state index contributed by atoms with van der Waals surface area (Å²) in [7, 11) is 0. The Labute approximate surface area is 177 Å². The summed E-state index contributed by atoms with van der Waals surface area (Å²) in [6.45, 7) is 0.911. The van der Waals surface area contributed by atoms with Crippen molar-refractivity contribution in [2.45, 2.75) is 12.6 Å². The van der Waals surface area contributed by atoms with Gasteiger partial charge in [0.15, 0.2) is 17.6 Å². The Kier molecular flexibility index (Phi) is 4.87. The van der Waals surface area contributed by atoms with Crippen molar-refractivity contribution >= 4 is 11.6 Å². The van der Waals surface area contributed by atoms with Crippen LogP contribution in [-0.2, 0) is 6.54 Å². The van der Waals surface area contributed by atoms with E-state index in [1.54, 1.807) is 41.5 Å². The normalized spacial score (nSPS) is 14.9. The van der Waals surface area contributed by atoms with Gasteiger partial charge in [-0.15, -0.1) is 0 Å². The van der Waals surface area contributed by atoms with Gasteiger partial charge in [0.05, 0.1) is 18.4 Å². The molecule has 5 rings (SSSR count). The molecule has 0 unspecified atom stereocenters. The largest absolute Gasteiger partial charge is 0.486 e. The molecule has 0 radical (unpaired) electrons. The zero-order valence-electron chi connectivity index (χ0n) is 16.4. The Morgan fingerprint density at radius 1 is 1.16 bits per heavy atom. The summed E-state index contributed by atoms with van der Waals surface area (Å²) in [5.41, 5.74) is 2.59. The third kappa shape index (κ3) is 4.13. The molecular formula is C23H19FN4O3. The van der Waals surface area contributed by atoms with E-state index >= 15 is 0 Å². The maximum Gasteiger partial charge on any atom is 0.272 e. The molecule has 1 amide bonds. The van der Waals surface area contributed by atoms with Crippen molar-refractivity contribution in [1.29, 1.82) is 0 Å². The third-order valence-electron chi connectivity index (χ3n) is 4.95. The predicted octanol–water partition coefficient (Wildman–Crippen LogP) is 4.11. The minimum Gasteiger partial charge on any atom is -0.486 e. The molecule has 4 aromatic rings. The molecule has 156 valence electrons. The number of aromatic amines is 1. The first-order valence-electron chi connectivity index (χ1n) is 9.81. The van der Waals surface area contributed by atoms with E-state index in [1.807, 2.05) is 24.3 Å². The lowest BCUT2D eigenvalue weighted by atomic mass is 10.1.